The molecule has 0 bridgehead atoms. The van der Waals surface area contributed by atoms with E-state index in [0.717, 1.165) is 25.9 Å². The summed E-state index contributed by atoms with van der Waals surface area (Å²) in [5, 5.41) is 0. The summed E-state index contributed by atoms with van der Waals surface area (Å²) in [5.41, 5.74) is 0.639. The minimum absolute atomic E-state index is 0.0219. The average molecular weight is 268 g/mol. The number of ether oxygens (including phenoxy) is 4. The van der Waals surface area contributed by atoms with Gasteiger partial charge in [0.05, 0.1) is 6.61 Å². The third-order valence-corrected chi connectivity index (χ3v) is 3.63. The van der Waals surface area contributed by atoms with E-state index in [1.54, 1.807) is 0 Å². The van der Waals surface area contributed by atoms with Gasteiger partial charge in [-0.3, -0.25) is 4.79 Å². The third-order valence-electron chi connectivity index (χ3n) is 3.63. The van der Waals surface area contributed by atoms with Crippen LogP contribution in [0, 0.1) is 0 Å². The van der Waals surface area contributed by atoms with Crippen molar-refractivity contribution in [1.82, 2.24) is 0 Å². The summed E-state index contributed by atoms with van der Waals surface area (Å²) in [4.78, 5) is 12.2. The predicted molar refractivity (Wildman–Crippen MR) is 66.5 cm³/mol. The minimum Gasteiger partial charge on any atom is -0.353 e. The smallest absolute Gasteiger partial charge is 0.192 e. The van der Waals surface area contributed by atoms with Crippen molar-refractivity contribution in [2.75, 3.05) is 13.2 Å². The molecule has 0 saturated carbocycles. The first-order valence-corrected chi connectivity index (χ1v) is 6.89. The lowest BCUT2D eigenvalue weighted by atomic mass is 10.2. The van der Waals surface area contributed by atoms with E-state index < -0.39 is 11.9 Å². The lowest BCUT2D eigenvalue weighted by molar-refractivity contribution is -0.162. The molecule has 3 atom stereocenters. The molecule has 0 radical (unpaired) electrons. The molecule has 2 aliphatic heterocycles. The van der Waals surface area contributed by atoms with E-state index in [0.29, 0.717) is 5.57 Å². The van der Waals surface area contributed by atoms with Gasteiger partial charge >= 0.3 is 0 Å². The fraction of sp³-hybridized carbons (Fsp3) is 0.786. The minimum atomic E-state index is -0.680. The molecule has 3 aliphatic rings. The van der Waals surface area contributed by atoms with Crippen LogP contribution in [0.25, 0.3) is 0 Å². The fourth-order valence-electron chi connectivity index (χ4n) is 2.72. The molecule has 5 heteroatoms. The van der Waals surface area contributed by atoms with Gasteiger partial charge < -0.3 is 18.9 Å². The second-order valence-corrected chi connectivity index (χ2v) is 5.68. The van der Waals surface area contributed by atoms with E-state index in [1.165, 1.54) is 0 Å². The van der Waals surface area contributed by atoms with Crippen LogP contribution in [0.2, 0.25) is 0 Å². The van der Waals surface area contributed by atoms with Crippen molar-refractivity contribution in [2.24, 2.45) is 0 Å². The normalized spacial score (nSPS) is 37.3. The number of fused-ring (bicyclic) bond motifs is 1. The maximum atomic E-state index is 12.2. The summed E-state index contributed by atoms with van der Waals surface area (Å²) >= 11 is 0. The van der Waals surface area contributed by atoms with Crippen molar-refractivity contribution < 1.29 is 23.7 Å². The van der Waals surface area contributed by atoms with Crippen LogP contribution in [0.1, 0.15) is 33.1 Å². The van der Waals surface area contributed by atoms with E-state index in [2.05, 4.69) is 0 Å². The summed E-state index contributed by atoms with van der Waals surface area (Å²) in [5.74, 6) is -0.702. The van der Waals surface area contributed by atoms with Gasteiger partial charge in [0, 0.05) is 12.2 Å². The number of carbonyl (C=O) groups is 1. The highest BCUT2D eigenvalue weighted by atomic mass is 16.8. The molecule has 1 unspecified atom stereocenters. The van der Waals surface area contributed by atoms with Crippen molar-refractivity contribution in [3.63, 3.8) is 0 Å². The molecule has 0 N–H and O–H groups in total. The molecule has 1 aliphatic carbocycles. The Bertz CT molecular complexity index is 395. The number of Topliss-reactive ketones (excluding diaryl/α,β-unsaturated/α-hetero) is 1. The van der Waals surface area contributed by atoms with E-state index in [-0.39, 0.29) is 24.8 Å². The number of hydrogen-bond acceptors (Lipinski definition) is 5. The Morgan fingerprint density at radius 1 is 1.37 bits per heavy atom. The number of hydrogen-bond donors (Lipinski definition) is 0. The van der Waals surface area contributed by atoms with Gasteiger partial charge in [0.1, 0.15) is 6.10 Å². The fourth-order valence-corrected chi connectivity index (χ4v) is 2.72. The Morgan fingerprint density at radius 2 is 2.21 bits per heavy atom. The molecule has 2 saturated heterocycles. The first-order chi connectivity index (χ1) is 9.05. The highest BCUT2D eigenvalue weighted by molar-refractivity contribution is 6.02. The van der Waals surface area contributed by atoms with E-state index in [4.69, 9.17) is 18.9 Å². The Morgan fingerprint density at radius 3 is 2.89 bits per heavy atom. The summed E-state index contributed by atoms with van der Waals surface area (Å²) in [6.07, 6.45) is 3.97. The van der Waals surface area contributed by atoms with Gasteiger partial charge in [-0.2, -0.15) is 0 Å². The van der Waals surface area contributed by atoms with Crippen molar-refractivity contribution >= 4 is 5.78 Å². The quantitative estimate of drug-likeness (QED) is 0.777. The zero-order valence-corrected chi connectivity index (χ0v) is 11.4. The Labute approximate surface area is 112 Å². The van der Waals surface area contributed by atoms with Gasteiger partial charge in [0.25, 0.3) is 0 Å². The van der Waals surface area contributed by atoms with Crippen LogP contribution in [-0.2, 0) is 23.7 Å². The maximum absolute atomic E-state index is 12.2. The Hall–Kier alpha value is -0.750. The first kappa shape index (κ1) is 13.2. The van der Waals surface area contributed by atoms with Gasteiger partial charge in [-0.15, -0.1) is 0 Å². The number of carbonyl (C=O) groups excluding carboxylic acids is 1. The van der Waals surface area contributed by atoms with Gasteiger partial charge in [-0.25, -0.2) is 0 Å². The van der Waals surface area contributed by atoms with Crippen LogP contribution in [0.15, 0.2) is 11.6 Å². The van der Waals surface area contributed by atoms with Gasteiger partial charge in [0.2, 0.25) is 0 Å². The van der Waals surface area contributed by atoms with Crippen LogP contribution in [0.4, 0.5) is 0 Å². The van der Waals surface area contributed by atoms with Crippen LogP contribution >= 0.6 is 0 Å². The number of rotatable bonds is 3. The van der Waals surface area contributed by atoms with Gasteiger partial charge in [-0.1, -0.05) is 0 Å². The molecule has 0 spiro atoms. The number of ketones is 1. The molecule has 5 nitrogen and oxygen atoms in total. The van der Waals surface area contributed by atoms with E-state index >= 15 is 0 Å². The zero-order chi connectivity index (χ0) is 13.5. The largest absolute Gasteiger partial charge is 0.353 e. The summed E-state index contributed by atoms with van der Waals surface area (Å²) in [6.45, 7) is 4.66. The average Bonchev–Trinajstić information content (AvgIpc) is 2.83. The molecule has 19 heavy (non-hydrogen) atoms. The monoisotopic (exact) mass is 268 g/mol. The van der Waals surface area contributed by atoms with Crippen molar-refractivity contribution in [3.05, 3.63) is 11.6 Å². The first-order valence-electron chi connectivity index (χ1n) is 6.89. The second-order valence-electron chi connectivity index (χ2n) is 5.68. The van der Waals surface area contributed by atoms with Crippen LogP contribution < -0.4 is 0 Å². The van der Waals surface area contributed by atoms with Crippen molar-refractivity contribution in [3.8, 4) is 0 Å². The third kappa shape index (κ3) is 2.74. The standard InChI is InChI=1S/C14H20O5/c1-14(2)18-10-7-9(12(15)13(10)19-14)8-17-11-5-3-4-6-16-11/h7,10-11,13H,3-6,8H2,1-2H3/t10-,11?,13-/m0/s1. The highest BCUT2D eigenvalue weighted by Crippen LogP contribution is 2.35. The van der Waals surface area contributed by atoms with Crippen molar-refractivity contribution in [1.29, 1.82) is 0 Å². The van der Waals surface area contributed by atoms with E-state index in [1.807, 2.05) is 19.9 Å². The SMILES string of the molecule is CC1(C)O[C@H]2C=C(COC3CCCCO3)C(=O)[C@H]2O1. The molecule has 0 aromatic heterocycles. The molecular weight excluding hydrogens is 248 g/mol. The predicted octanol–water partition coefficient (Wildman–Crippen LogP) is 1.56. The summed E-state index contributed by atoms with van der Waals surface area (Å²) in [6, 6.07) is 0. The van der Waals surface area contributed by atoms with E-state index in [9.17, 15) is 4.79 Å². The lowest BCUT2D eigenvalue weighted by Crippen LogP contribution is -2.29. The summed E-state index contributed by atoms with van der Waals surface area (Å²) < 4.78 is 22.4. The molecular formula is C14H20O5. The van der Waals surface area contributed by atoms with Gasteiger partial charge in [0.15, 0.2) is 24.0 Å². The van der Waals surface area contributed by atoms with Crippen LogP contribution in [-0.4, -0.2) is 43.3 Å². The zero-order valence-electron chi connectivity index (χ0n) is 11.4. The molecule has 2 fully saturated rings. The maximum Gasteiger partial charge on any atom is 0.192 e. The molecule has 106 valence electrons. The Balaban J connectivity index is 1.56. The lowest BCUT2D eigenvalue weighted by Gasteiger charge is -2.23. The molecule has 0 aromatic rings. The summed E-state index contributed by atoms with van der Waals surface area (Å²) in [7, 11) is 0. The van der Waals surface area contributed by atoms with Crippen LogP contribution in [0.3, 0.4) is 0 Å². The molecule has 0 aromatic carbocycles. The van der Waals surface area contributed by atoms with Crippen molar-refractivity contribution in [2.45, 2.75) is 57.4 Å². The van der Waals surface area contributed by atoms with Gasteiger partial charge in [-0.05, 0) is 39.2 Å². The molecule has 2 heterocycles. The molecule has 0 amide bonds. The Kier molecular flexibility index (Phi) is 3.47. The second kappa shape index (κ2) is 4.98. The van der Waals surface area contributed by atoms with Crippen LogP contribution in [0.5, 0.6) is 0 Å². The topological polar surface area (TPSA) is 54.0 Å². The molecule has 3 rings (SSSR count). The highest BCUT2D eigenvalue weighted by Gasteiger charge is 2.48.